The number of fused-ring (bicyclic) bond motifs is 3. The number of unbranched alkanes of at least 4 members (excludes halogenated alkanes) is 1. The van der Waals surface area contributed by atoms with Crippen molar-refractivity contribution in [3.8, 4) is 16.9 Å². The Morgan fingerprint density at radius 3 is 2.14 bits per heavy atom. The van der Waals surface area contributed by atoms with Crippen LogP contribution in [0.3, 0.4) is 0 Å². The number of carboxylic acid groups (broad SMARTS) is 1. The minimum atomic E-state index is -1.23. The van der Waals surface area contributed by atoms with Crippen LogP contribution in [0.2, 0.25) is 0 Å². The Bertz CT molecular complexity index is 1410. The van der Waals surface area contributed by atoms with Gasteiger partial charge in [0.05, 0.1) is 31.0 Å². The van der Waals surface area contributed by atoms with Gasteiger partial charge >= 0.3 is 18.0 Å². The van der Waals surface area contributed by atoms with Gasteiger partial charge in [-0.25, -0.2) is 18.8 Å². The Hall–Kier alpha value is -4.44. The average molecular weight is 594 g/mol. The molecule has 43 heavy (non-hydrogen) atoms. The molecule has 0 aromatic heterocycles. The number of hydrogen-bond acceptors (Lipinski definition) is 7. The summed E-state index contributed by atoms with van der Waals surface area (Å²) in [6.07, 6.45) is 0.0972. The van der Waals surface area contributed by atoms with Crippen molar-refractivity contribution in [1.82, 2.24) is 5.32 Å². The molecule has 0 spiro atoms. The lowest BCUT2D eigenvalue weighted by molar-refractivity contribution is -0.149. The third-order valence-electron chi connectivity index (χ3n) is 6.82. The molecule has 2 N–H and O–H groups in total. The zero-order valence-corrected chi connectivity index (χ0v) is 24.4. The highest BCUT2D eigenvalue weighted by atomic mass is 19.1. The first-order chi connectivity index (χ1) is 20.5. The molecule has 228 valence electrons. The number of halogens is 1. The summed E-state index contributed by atoms with van der Waals surface area (Å²) >= 11 is 0. The zero-order chi connectivity index (χ0) is 31.0. The topological polar surface area (TPSA) is 120 Å². The molecule has 3 aromatic rings. The molecule has 1 aliphatic rings. The number of carbonyl (C=O) groups excluding carboxylic acids is 2. The summed E-state index contributed by atoms with van der Waals surface area (Å²) in [5, 5.41) is 11.5. The van der Waals surface area contributed by atoms with Crippen molar-refractivity contribution in [2.45, 2.75) is 51.2 Å². The van der Waals surface area contributed by atoms with Crippen LogP contribution in [0.1, 0.15) is 61.0 Å². The summed E-state index contributed by atoms with van der Waals surface area (Å²) in [6.45, 7) is 5.67. The second kappa shape index (κ2) is 14.2. The van der Waals surface area contributed by atoms with Crippen LogP contribution in [0.5, 0.6) is 5.75 Å². The van der Waals surface area contributed by atoms with Gasteiger partial charge in [0.1, 0.15) is 6.61 Å². The lowest BCUT2D eigenvalue weighted by Crippen LogP contribution is -2.46. The predicted octanol–water partition coefficient (Wildman–Crippen LogP) is 5.95. The Labute approximate surface area is 249 Å². The molecule has 9 nitrogen and oxygen atoms in total. The van der Waals surface area contributed by atoms with Gasteiger partial charge in [-0.2, -0.15) is 0 Å². The van der Waals surface area contributed by atoms with E-state index in [9.17, 15) is 18.8 Å². The molecule has 0 aliphatic heterocycles. The van der Waals surface area contributed by atoms with Crippen molar-refractivity contribution < 1.29 is 42.8 Å². The van der Waals surface area contributed by atoms with E-state index in [0.717, 1.165) is 28.3 Å². The number of aromatic carboxylic acids is 1. The van der Waals surface area contributed by atoms with E-state index >= 15 is 0 Å². The molecule has 0 unspecified atom stereocenters. The number of hydrogen-bond donors (Lipinski definition) is 2. The highest BCUT2D eigenvalue weighted by Gasteiger charge is 2.30. The third-order valence-corrected chi connectivity index (χ3v) is 6.82. The minimum Gasteiger partial charge on any atom is -0.491 e. The molecular formula is C33H36FNO8. The van der Waals surface area contributed by atoms with Crippen LogP contribution in [0.15, 0.2) is 66.7 Å². The van der Waals surface area contributed by atoms with E-state index in [-0.39, 0.29) is 43.7 Å². The van der Waals surface area contributed by atoms with E-state index < -0.39 is 35.5 Å². The summed E-state index contributed by atoms with van der Waals surface area (Å²) < 4.78 is 36.1. The highest BCUT2D eigenvalue weighted by molar-refractivity contribution is 5.87. The fraction of sp³-hybridized carbons (Fsp3) is 0.364. The summed E-state index contributed by atoms with van der Waals surface area (Å²) in [4.78, 5) is 36.6. The Balaban J connectivity index is 1.26. The first-order valence-corrected chi connectivity index (χ1v) is 14.1. The summed E-state index contributed by atoms with van der Waals surface area (Å²) in [5.41, 5.74) is 3.64. The Morgan fingerprint density at radius 1 is 0.907 bits per heavy atom. The first-order valence-electron chi connectivity index (χ1n) is 14.1. The molecule has 0 heterocycles. The number of amides is 1. The van der Waals surface area contributed by atoms with Gasteiger partial charge in [0.15, 0.2) is 17.6 Å². The lowest BCUT2D eigenvalue weighted by atomic mass is 9.98. The molecule has 0 fully saturated rings. The van der Waals surface area contributed by atoms with E-state index in [4.69, 9.17) is 24.1 Å². The van der Waals surface area contributed by atoms with Gasteiger partial charge in [-0.1, -0.05) is 48.5 Å². The first kappa shape index (κ1) is 31.5. The number of rotatable bonds is 13. The molecule has 3 aromatic carbocycles. The minimum absolute atomic E-state index is 0.0427. The third kappa shape index (κ3) is 8.54. The fourth-order valence-corrected chi connectivity index (χ4v) is 4.69. The van der Waals surface area contributed by atoms with Crippen LogP contribution >= 0.6 is 0 Å². The number of esters is 1. The molecule has 4 rings (SSSR count). The number of carboxylic acids is 1. The van der Waals surface area contributed by atoms with Crippen molar-refractivity contribution in [2.24, 2.45) is 0 Å². The second-order valence-corrected chi connectivity index (χ2v) is 11.1. The number of alkyl carbamates (subject to hydrolysis) is 1. The summed E-state index contributed by atoms with van der Waals surface area (Å²) in [6, 6.07) is 18.3. The summed E-state index contributed by atoms with van der Waals surface area (Å²) in [7, 11) is 0. The molecule has 1 amide bonds. The second-order valence-electron chi connectivity index (χ2n) is 11.1. The maximum Gasteiger partial charge on any atom is 0.407 e. The normalized spacial score (nSPS) is 13.0. The van der Waals surface area contributed by atoms with Crippen LogP contribution in [-0.4, -0.2) is 61.2 Å². The maximum atomic E-state index is 14.0. The monoisotopic (exact) mass is 593 g/mol. The Morgan fingerprint density at radius 2 is 1.53 bits per heavy atom. The zero-order valence-electron chi connectivity index (χ0n) is 24.4. The van der Waals surface area contributed by atoms with Crippen molar-refractivity contribution in [1.29, 1.82) is 0 Å². The number of ether oxygens (including phenoxy) is 4. The lowest BCUT2D eigenvalue weighted by Gasteiger charge is -2.24. The van der Waals surface area contributed by atoms with Crippen LogP contribution < -0.4 is 10.1 Å². The molecule has 0 saturated carbocycles. The van der Waals surface area contributed by atoms with Crippen LogP contribution in [0.4, 0.5) is 9.18 Å². The Kier molecular flexibility index (Phi) is 10.4. The fourth-order valence-electron chi connectivity index (χ4n) is 4.69. The average Bonchev–Trinajstić information content (AvgIpc) is 3.29. The maximum absolute atomic E-state index is 14.0. The van der Waals surface area contributed by atoms with Crippen LogP contribution in [0, 0.1) is 5.82 Å². The van der Waals surface area contributed by atoms with Crippen molar-refractivity contribution in [2.75, 3.05) is 26.4 Å². The quantitative estimate of drug-likeness (QED) is 0.184. The van der Waals surface area contributed by atoms with Gasteiger partial charge in [-0.05, 0) is 74.1 Å². The van der Waals surface area contributed by atoms with Crippen LogP contribution in [0.25, 0.3) is 11.1 Å². The van der Waals surface area contributed by atoms with Crippen molar-refractivity contribution in [3.63, 3.8) is 0 Å². The van der Waals surface area contributed by atoms with Crippen LogP contribution in [-0.2, 0) is 19.0 Å². The van der Waals surface area contributed by atoms with E-state index in [1.54, 1.807) is 0 Å². The SMILES string of the molecule is CC(C)(C)OC[C@H](NC(=O)OCC1c2ccccc2-c2ccccc21)C(=O)OCCCCOc1ccc(C(=O)O)cc1F. The standard InChI is InChI=1S/C33H36FNO8/c1-33(2,3)43-20-28(31(38)41-17-9-8-16-40-29-15-14-21(30(36)37)18-27(29)34)35-32(39)42-19-26-24-12-6-4-10-22(24)23-11-5-7-13-25(23)26/h4-7,10-15,18,26,28H,8-9,16-17,19-20H2,1-3H3,(H,35,39)(H,36,37)/t28-/m0/s1. The molecular weight excluding hydrogens is 557 g/mol. The van der Waals surface area contributed by atoms with Crippen molar-refractivity contribution in [3.05, 3.63) is 89.2 Å². The van der Waals surface area contributed by atoms with Gasteiger partial charge in [-0.3, -0.25) is 0 Å². The van der Waals surface area contributed by atoms with Gasteiger partial charge in [0.25, 0.3) is 0 Å². The van der Waals surface area contributed by atoms with E-state index in [0.29, 0.717) is 12.8 Å². The molecule has 0 radical (unpaired) electrons. The van der Waals surface area contributed by atoms with Gasteiger partial charge < -0.3 is 29.4 Å². The molecule has 0 saturated heterocycles. The molecule has 1 aliphatic carbocycles. The van der Waals surface area contributed by atoms with E-state index in [1.165, 1.54) is 12.1 Å². The van der Waals surface area contributed by atoms with E-state index in [1.807, 2.05) is 69.3 Å². The number of benzene rings is 3. The van der Waals surface area contributed by atoms with Gasteiger partial charge in [0.2, 0.25) is 0 Å². The number of carbonyl (C=O) groups is 3. The largest absolute Gasteiger partial charge is 0.491 e. The van der Waals surface area contributed by atoms with Crippen molar-refractivity contribution >= 4 is 18.0 Å². The van der Waals surface area contributed by atoms with E-state index in [2.05, 4.69) is 5.32 Å². The molecule has 10 heteroatoms. The molecule has 1 atom stereocenters. The smallest absolute Gasteiger partial charge is 0.407 e. The van der Waals surface area contributed by atoms with Gasteiger partial charge in [0, 0.05) is 5.92 Å². The van der Waals surface area contributed by atoms with Gasteiger partial charge in [-0.15, -0.1) is 0 Å². The highest BCUT2D eigenvalue weighted by Crippen LogP contribution is 2.44. The molecule has 0 bridgehead atoms. The predicted molar refractivity (Wildman–Crippen MR) is 157 cm³/mol. The number of nitrogens with one attached hydrogen (secondary N) is 1. The summed E-state index contributed by atoms with van der Waals surface area (Å²) in [5.74, 6) is -2.86.